The molecule has 1 unspecified atom stereocenters. The van der Waals surface area contributed by atoms with Crippen molar-refractivity contribution in [3.05, 3.63) is 42.0 Å². The number of halogens is 2. The van der Waals surface area contributed by atoms with Gasteiger partial charge in [-0.15, -0.1) is 11.6 Å². The van der Waals surface area contributed by atoms with Gasteiger partial charge in [-0.3, -0.25) is 0 Å². The van der Waals surface area contributed by atoms with Gasteiger partial charge in [0.25, 0.3) is 0 Å². The van der Waals surface area contributed by atoms with Crippen molar-refractivity contribution in [1.29, 1.82) is 0 Å². The lowest BCUT2D eigenvalue weighted by Gasteiger charge is -2.16. The molecule has 1 aromatic carbocycles. The van der Waals surface area contributed by atoms with Crippen molar-refractivity contribution in [1.82, 2.24) is 0 Å². The van der Waals surface area contributed by atoms with Crippen LogP contribution < -0.4 is 0 Å². The molecule has 0 aliphatic heterocycles. The van der Waals surface area contributed by atoms with E-state index in [4.69, 9.17) is 11.6 Å². The largest absolute Gasteiger partial charge is 0.118 e. The normalized spacial score (nSPS) is 15.2. The molecule has 0 aliphatic carbocycles. The maximum atomic E-state index is 6.18. The molecular formula is C10H10ClI. The van der Waals surface area contributed by atoms with E-state index in [1.807, 2.05) is 37.3 Å². The summed E-state index contributed by atoms with van der Waals surface area (Å²) in [6.07, 6.45) is 1.83. The summed E-state index contributed by atoms with van der Waals surface area (Å²) in [6, 6.07) is 8.01. The molecule has 0 saturated carbocycles. The molecule has 0 bridgehead atoms. The fourth-order valence-corrected chi connectivity index (χ4v) is 1.74. The molecule has 1 rings (SSSR count). The second-order valence-electron chi connectivity index (χ2n) is 2.68. The monoisotopic (exact) mass is 292 g/mol. The number of hydrogen-bond donors (Lipinski definition) is 0. The van der Waals surface area contributed by atoms with Gasteiger partial charge < -0.3 is 0 Å². The predicted octanol–water partition coefficient (Wildman–Crippen LogP) is 4.18. The van der Waals surface area contributed by atoms with Crippen LogP contribution in [0.1, 0.15) is 18.1 Å². The van der Waals surface area contributed by atoms with Crippen LogP contribution in [0, 0.1) is 0 Å². The summed E-state index contributed by atoms with van der Waals surface area (Å²) in [4.78, 5) is 0. The van der Waals surface area contributed by atoms with Gasteiger partial charge in [0.1, 0.15) is 2.88 Å². The number of alkyl halides is 2. The summed E-state index contributed by atoms with van der Waals surface area (Å²) in [6.45, 7) is 5.71. The van der Waals surface area contributed by atoms with Gasteiger partial charge in [0.2, 0.25) is 0 Å². The SMILES string of the molecule is C=Cc1ccccc1C(C)(Cl)I. The van der Waals surface area contributed by atoms with Crippen molar-refractivity contribution in [2.24, 2.45) is 0 Å². The first kappa shape index (κ1) is 10.1. The first-order valence-electron chi connectivity index (χ1n) is 3.65. The lowest BCUT2D eigenvalue weighted by Crippen LogP contribution is -2.04. The van der Waals surface area contributed by atoms with Gasteiger partial charge in [0.15, 0.2) is 0 Å². The summed E-state index contributed by atoms with van der Waals surface area (Å²) in [5.41, 5.74) is 2.21. The van der Waals surface area contributed by atoms with Gasteiger partial charge in [-0.05, 0) is 18.1 Å². The maximum Gasteiger partial charge on any atom is 0.118 e. The molecular weight excluding hydrogens is 282 g/mol. The van der Waals surface area contributed by atoms with Gasteiger partial charge in [0.05, 0.1) is 0 Å². The Morgan fingerprint density at radius 1 is 1.50 bits per heavy atom. The highest BCUT2D eigenvalue weighted by Gasteiger charge is 2.20. The van der Waals surface area contributed by atoms with Crippen molar-refractivity contribution >= 4 is 40.3 Å². The zero-order chi connectivity index (χ0) is 9.19. The Hall–Kier alpha value is -0.0200. The number of benzene rings is 1. The van der Waals surface area contributed by atoms with Crippen LogP contribution in [0.4, 0.5) is 0 Å². The van der Waals surface area contributed by atoms with Crippen LogP contribution in [-0.2, 0) is 2.88 Å². The van der Waals surface area contributed by atoms with Gasteiger partial charge >= 0.3 is 0 Å². The molecule has 0 nitrogen and oxygen atoms in total. The zero-order valence-electron chi connectivity index (χ0n) is 6.85. The van der Waals surface area contributed by atoms with E-state index in [0.717, 1.165) is 11.1 Å². The fraction of sp³-hybridized carbons (Fsp3) is 0.200. The Labute approximate surface area is 91.8 Å². The molecule has 0 amide bonds. The highest BCUT2D eigenvalue weighted by molar-refractivity contribution is 14.1. The van der Waals surface area contributed by atoms with Crippen molar-refractivity contribution in [2.45, 2.75) is 9.80 Å². The Balaban J connectivity index is 3.23. The predicted molar refractivity (Wildman–Crippen MR) is 63.8 cm³/mol. The van der Waals surface area contributed by atoms with E-state index in [1.165, 1.54) is 0 Å². The van der Waals surface area contributed by atoms with Gasteiger partial charge in [0, 0.05) is 0 Å². The third kappa shape index (κ3) is 2.23. The molecule has 0 saturated heterocycles. The van der Waals surface area contributed by atoms with Crippen LogP contribution in [0.15, 0.2) is 30.8 Å². The second-order valence-corrected chi connectivity index (χ2v) is 6.23. The van der Waals surface area contributed by atoms with Crippen molar-refractivity contribution < 1.29 is 0 Å². The minimum atomic E-state index is -0.345. The topological polar surface area (TPSA) is 0 Å². The summed E-state index contributed by atoms with van der Waals surface area (Å²) < 4.78 is -0.345. The first-order valence-corrected chi connectivity index (χ1v) is 5.11. The van der Waals surface area contributed by atoms with Crippen LogP contribution in [0.25, 0.3) is 6.08 Å². The highest BCUT2D eigenvalue weighted by Crippen LogP contribution is 2.37. The van der Waals surface area contributed by atoms with Crippen LogP contribution >= 0.6 is 34.2 Å². The van der Waals surface area contributed by atoms with Gasteiger partial charge in [-0.2, -0.15) is 0 Å². The average Bonchev–Trinajstić information content (AvgIpc) is 2.03. The van der Waals surface area contributed by atoms with Gasteiger partial charge in [-0.1, -0.05) is 59.5 Å². The Bertz CT molecular complexity index is 286. The summed E-state index contributed by atoms with van der Waals surface area (Å²) >= 11 is 8.39. The third-order valence-electron chi connectivity index (χ3n) is 1.65. The molecule has 1 atom stereocenters. The summed E-state index contributed by atoms with van der Waals surface area (Å²) in [7, 11) is 0. The lowest BCUT2D eigenvalue weighted by molar-refractivity contribution is 1.04. The number of rotatable bonds is 2. The van der Waals surface area contributed by atoms with Crippen molar-refractivity contribution in [2.75, 3.05) is 0 Å². The van der Waals surface area contributed by atoms with E-state index < -0.39 is 0 Å². The van der Waals surface area contributed by atoms with E-state index in [0.29, 0.717) is 0 Å². The molecule has 2 heteroatoms. The van der Waals surface area contributed by atoms with E-state index >= 15 is 0 Å². The minimum absolute atomic E-state index is 0.345. The molecule has 0 heterocycles. The highest BCUT2D eigenvalue weighted by atomic mass is 127. The Morgan fingerprint density at radius 2 is 2.08 bits per heavy atom. The number of hydrogen-bond acceptors (Lipinski definition) is 0. The second kappa shape index (κ2) is 3.79. The summed E-state index contributed by atoms with van der Waals surface area (Å²) in [5.74, 6) is 0. The first-order chi connectivity index (χ1) is 5.55. The van der Waals surface area contributed by atoms with Crippen LogP contribution in [-0.4, -0.2) is 0 Å². The Morgan fingerprint density at radius 3 is 2.50 bits per heavy atom. The standard InChI is InChI=1S/C10H10ClI/c1-3-8-6-4-5-7-9(8)10(2,11)12/h3-7H,1H2,2H3. The maximum absolute atomic E-state index is 6.18. The molecule has 0 spiro atoms. The quantitative estimate of drug-likeness (QED) is 0.567. The zero-order valence-corrected chi connectivity index (χ0v) is 9.76. The molecule has 0 radical (unpaired) electrons. The molecule has 1 aromatic rings. The van der Waals surface area contributed by atoms with Gasteiger partial charge in [-0.25, -0.2) is 0 Å². The van der Waals surface area contributed by atoms with Crippen LogP contribution in [0.3, 0.4) is 0 Å². The third-order valence-corrected chi connectivity index (χ3v) is 2.44. The van der Waals surface area contributed by atoms with Crippen LogP contribution in [0.5, 0.6) is 0 Å². The molecule has 12 heavy (non-hydrogen) atoms. The molecule has 0 aliphatic rings. The smallest absolute Gasteiger partial charge is 0.103 e. The summed E-state index contributed by atoms with van der Waals surface area (Å²) in [5, 5.41) is 0. The Kier molecular flexibility index (Phi) is 3.18. The molecule has 0 aromatic heterocycles. The fourth-order valence-electron chi connectivity index (χ4n) is 1.07. The minimum Gasteiger partial charge on any atom is -0.103 e. The van der Waals surface area contributed by atoms with Crippen LogP contribution in [0.2, 0.25) is 0 Å². The van der Waals surface area contributed by atoms with Crippen molar-refractivity contribution in [3.8, 4) is 0 Å². The lowest BCUT2D eigenvalue weighted by atomic mass is 10.1. The molecule has 0 fully saturated rings. The van der Waals surface area contributed by atoms with E-state index in [1.54, 1.807) is 0 Å². The van der Waals surface area contributed by atoms with Crippen molar-refractivity contribution in [3.63, 3.8) is 0 Å². The molecule has 0 N–H and O–H groups in total. The van der Waals surface area contributed by atoms with E-state index in [9.17, 15) is 0 Å². The van der Waals surface area contributed by atoms with E-state index in [-0.39, 0.29) is 2.88 Å². The van der Waals surface area contributed by atoms with E-state index in [2.05, 4.69) is 29.2 Å². The molecule has 64 valence electrons. The average molecular weight is 293 g/mol.